The number of anilines is 3. The van der Waals surface area contributed by atoms with Crippen LogP contribution in [-0.2, 0) is 19.1 Å². The molecule has 4 rings (SSSR count). The first kappa shape index (κ1) is 27.9. The largest absolute Gasteiger partial charge is 0.469 e. The normalized spacial score (nSPS) is 16.2. The maximum Gasteiger partial charge on any atom is 0.306 e. The van der Waals surface area contributed by atoms with E-state index in [1.165, 1.54) is 14.0 Å². The molecule has 0 saturated carbocycles. The number of para-hydroxylation sites is 1. The molecule has 1 aliphatic heterocycles. The number of carbonyl (C=O) groups excluding carboxylic acids is 4. The Balaban J connectivity index is 1.57. The van der Waals surface area contributed by atoms with E-state index in [4.69, 9.17) is 11.6 Å². The summed E-state index contributed by atoms with van der Waals surface area (Å²) in [5.41, 5.74) is 3.34. The van der Waals surface area contributed by atoms with Gasteiger partial charge in [0.1, 0.15) is 0 Å². The van der Waals surface area contributed by atoms with E-state index in [1.807, 2.05) is 43.3 Å². The van der Waals surface area contributed by atoms with Gasteiger partial charge in [0.2, 0.25) is 11.8 Å². The van der Waals surface area contributed by atoms with E-state index >= 15 is 0 Å². The summed E-state index contributed by atoms with van der Waals surface area (Å²) >= 11 is 6.08. The van der Waals surface area contributed by atoms with Gasteiger partial charge in [0.15, 0.2) is 0 Å². The maximum absolute atomic E-state index is 13.7. The molecule has 0 aromatic heterocycles. The third-order valence-electron chi connectivity index (χ3n) is 6.73. The molecule has 1 aliphatic rings. The van der Waals surface area contributed by atoms with Gasteiger partial charge in [-0.25, -0.2) is 0 Å². The van der Waals surface area contributed by atoms with Crippen molar-refractivity contribution in [1.29, 1.82) is 0 Å². The number of hydrogen-bond acceptors (Lipinski definition) is 5. The van der Waals surface area contributed by atoms with E-state index in [-0.39, 0.29) is 42.6 Å². The summed E-state index contributed by atoms with van der Waals surface area (Å²) in [4.78, 5) is 53.4. The first-order valence-corrected chi connectivity index (χ1v) is 13.0. The Labute approximate surface area is 232 Å². The van der Waals surface area contributed by atoms with Crippen LogP contribution in [0.5, 0.6) is 0 Å². The zero-order valence-electron chi connectivity index (χ0n) is 22.0. The van der Waals surface area contributed by atoms with E-state index in [2.05, 4.69) is 10.1 Å². The lowest BCUT2D eigenvalue weighted by atomic mass is 9.89. The number of nitrogens with zero attached hydrogens (tertiary/aromatic N) is 2. The van der Waals surface area contributed by atoms with E-state index in [1.54, 1.807) is 46.2 Å². The Bertz CT molecular complexity index is 1370. The number of nitrogens with one attached hydrogen (secondary N) is 1. The molecule has 39 heavy (non-hydrogen) atoms. The fourth-order valence-electron chi connectivity index (χ4n) is 4.89. The van der Waals surface area contributed by atoms with Crippen molar-refractivity contribution in [2.75, 3.05) is 22.2 Å². The highest BCUT2D eigenvalue weighted by atomic mass is 35.5. The number of rotatable bonds is 7. The molecule has 2 unspecified atom stereocenters. The Hall–Kier alpha value is -4.17. The van der Waals surface area contributed by atoms with Crippen molar-refractivity contribution in [3.05, 3.63) is 88.9 Å². The molecule has 0 bridgehead atoms. The van der Waals surface area contributed by atoms with Gasteiger partial charge in [-0.1, -0.05) is 29.8 Å². The van der Waals surface area contributed by atoms with Crippen LogP contribution >= 0.6 is 11.6 Å². The number of esters is 1. The fraction of sp³-hybridized carbons (Fsp3) is 0.267. The average molecular weight is 548 g/mol. The number of benzene rings is 3. The van der Waals surface area contributed by atoms with Crippen LogP contribution in [0.4, 0.5) is 17.1 Å². The predicted octanol–water partition coefficient (Wildman–Crippen LogP) is 5.76. The second-order valence-electron chi connectivity index (χ2n) is 9.40. The van der Waals surface area contributed by atoms with Crippen LogP contribution in [0.1, 0.15) is 55.1 Å². The summed E-state index contributed by atoms with van der Waals surface area (Å²) in [6.07, 6.45) is 0.536. The molecule has 0 spiro atoms. The van der Waals surface area contributed by atoms with Crippen molar-refractivity contribution in [2.24, 2.45) is 0 Å². The summed E-state index contributed by atoms with van der Waals surface area (Å²) in [6.45, 7) is 3.51. The number of methoxy groups -OCH3 is 1. The average Bonchev–Trinajstić information content (AvgIpc) is 2.93. The van der Waals surface area contributed by atoms with Gasteiger partial charge in [0, 0.05) is 47.0 Å². The van der Waals surface area contributed by atoms with Crippen LogP contribution in [0.2, 0.25) is 5.02 Å². The number of ether oxygens (including phenoxy) is 1. The third kappa shape index (κ3) is 6.29. The van der Waals surface area contributed by atoms with Gasteiger partial charge in [-0.15, -0.1) is 0 Å². The SMILES string of the molecule is COC(=O)CCC(=O)Nc1ccc(C(=O)N2c3ccccc3C(N(C(C)=O)c3ccc(Cl)cc3)CC2C)cc1. The monoisotopic (exact) mass is 547 g/mol. The molecule has 0 radical (unpaired) electrons. The van der Waals surface area contributed by atoms with Gasteiger partial charge in [-0.05, 0) is 73.5 Å². The number of carbonyl (C=O) groups is 4. The molecule has 8 nitrogen and oxygen atoms in total. The van der Waals surface area contributed by atoms with Crippen LogP contribution in [0, 0.1) is 0 Å². The maximum atomic E-state index is 13.7. The molecule has 2 atom stereocenters. The highest BCUT2D eigenvalue weighted by molar-refractivity contribution is 6.30. The fourth-order valence-corrected chi connectivity index (χ4v) is 5.02. The third-order valence-corrected chi connectivity index (χ3v) is 6.99. The van der Waals surface area contributed by atoms with Crippen LogP contribution in [0.25, 0.3) is 0 Å². The minimum atomic E-state index is -0.455. The number of amides is 3. The summed E-state index contributed by atoms with van der Waals surface area (Å²) in [6, 6.07) is 21.0. The second-order valence-corrected chi connectivity index (χ2v) is 9.84. The van der Waals surface area contributed by atoms with Gasteiger partial charge in [0.05, 0.1) is 19.6 Å². The molecule has 3 aromatic rings. The quantitative estimate of drug-likeness (QED) is 0.379. The Kier molecular flexibility index (Phi) is 8.66. The van der Waals surface area contributed by atoms with E-state index < -0.39 is 5.97 Å². The van der Waals surface area contributed by atoms with Crippen LogP contribution in [-0.4, -0.2) is 36.8 Å². The van der Waals surface area contributed by atoms with Crippen LogP contribution < -0.4 is 15.1 Å². The lowest BCUT2D eigenvalue weighted by Crippen LogP contribution is -2.47. The first-order chi connectivity index (χ1) is 18.7. The zero-order valence-corrected chi connectivity index (χ0v) is 22.8. The molecule has 3 aromatic carbocycles. The zero-order chi connectivity index (χ0) is 28.1. The van der Waals surface area contributed by atoms with Crippen molar-refractivity contribution >= 4 is 52.4 Å². The molecule has 0 saturated heterocycles. The Morgan fingerprint density at radius 1 is 0.974 bits per heavy atom. The molecule has 9 heteroatoms. The van der Waals surface area contributed by atoms with Crippen molar-refractivity contribution < 1.29 is 23.9 Å². The molecule has 1 N–H and O–H groups in total. The van der Waals surface area contributed by atoms with Crippen LogP contribution in [0.3, 0.4) is 0 Å². The molecule has 0 aliphatic carbocycles. The lowest BCUT2D eigenvalue weighted by molar-refractivity contribution is -0.141. The van der Waals surface area contributed by atoms with Gasteiger partial charge >= 0.3 is 5.97 Å². The number of fused-ring (bicyclic) bond motifs is 1. The minimum Gasteiger partial charge on any atom is -0.469 e. The first-order valence-electron chi connectivity index (χ1n) is 12.6. The number of hydrogen-bond donors (Lipinski definition) is 1. The van der Waals surface area contributed by atoms with E-state index in [0.717, 1.165) is 16.9 Å². The van der Waals surface area contributed by atoms with Gasteiger partial charge in [-0.2, -0.15) is 0 Å². The Morgan fingerprint density at radius 3 is 2.28 bits per heavy atom. The topological polar surface area (TPSA) is 96.0 Å². The predicted molar refractivity (Wildman–Crippen MR) is 151 cm³/mol. The number of halogens is 1. The standard InChI is InChI=1S/C30H30ClN3O5/c1-19-18-27(34(20(2)35)24-14-10-22(31)11-15-24)25-6-4-5-7-26(25)33(19)30(38)21-8-12-23(13-9-21)32-28(36)16-17-29(37)39-3/h4-15,19,27H,16-18H2,1-3H3,(H,32,36). The lowest BCUT2D eigenvalue weighted by Gasteiger charge is -2.43. The molecule has 202 valence electrons. The van der Waals surface area contributed by atoms with Gasteiger partial charge in [-0.3, -0.25) is 19.2 Å². The van der Waals surface area contributed by atoms with E-state index in [0.29, 0.717) is 22.7 Å². The molecule has 3 amide bonds. The Morgan fingerprint density at radius 2 is 1.64 bits per heavy atom. The van der Waals surface area contributed by atoms with Crippen molar-refractivity contribution in [3.8, 4) is 0 Å². The van der Waals surface area contributed by atoms with Crippen molar-refractivity contribution in [1.82, 2.24) is 0 Å². The van der Waals surface area contributed by atoms with Gasteiger partial charge < -0.3 is 19.9 Å². The summed E-state index contributed by atoms with van der Waals surface area (Å²) in [7, 11) is 1.27. The molecule has 1 heterocycles. The van der Waals surface area contributed by atoms with Crippen molar-refractivity contribution in [3.63, 3.8) is 0 Å². The minimum absolute atomic E-state index is 0.00387. The summed E-state index contributed by atoms with van der Waals surface area (Å²) < 4.78 is 4.56. The summed E-state index contributed by atoms with van der Waals surface area (Å²) in [5, 5.41) is 3.31. The molecular formula is C30H30ClN3O5. The second kappa shape index (κ2) is 12.1. The van der Waals surface area contributed by atoms with Crippen molar-refractivity contribution in [2.45, 2.75) is 45.2 Å². The van der Waals surface area contributed by atoms with Gasteiger partial charge in [0.25, 0.3) is 5.91 Å². The smallest absolute Gasteiger partial charge is 0.306 e. The highest BCUT2D eigenvalue weighted by Crippen LogP contribution is 2.42. The van der Waals surface area contributed by atoms with E-state index in [9.17, 15) is 19.2 Å². The summed E-state index contributed by atoms with van der Waals surface area (Å²) in [5.74, 6) is -1.06. The highest BCUT2D eigenvalue weighted by Gasteiger charge is 2.38. The van der Waals surface area contributed by atoms with Crippen LogP contribution in [0.15, 0.2) is 72.8 Å². The molecular weight excluding hydrogens is 518 g/mol. The molecule has 0 fully saturated rings.